The second-order valence-corrected chi connectivity index (χ2v) is 5.39. The second kappa shape index (κ2) is 5.37. The van der Waals surface area contributed by atoms with Gasteiger partial charge in [0, 0.05) is 0 Å². The second-order valence-electron chi connectivity index (χ2n) is 3.31. The van der Waals surface area contributed by atoms with Gasteiger partial charge in [-0.05, 0) is 24.5 Å². The van der Waals surface area contributed by atoms with Gasteiger partial charge in [-0.25, -0.2) is 4.98 Å². The molecule has 1 aromatic carbocycles. The van der Waals surface area contributed by atoms with Gasteiger partial charge in [0.25, 0.3) is 0 Å². The van der Waals surface area contributed by atoms with Crippen LogP contribution in [0.5, 0.6) is 5.75 Å². The predicted molar refractivity (Wildman–Crippen MR) is 69.1 cm³/mol. The molecule has 1 N–H and O–H groups in total. The Morgan fingerprint density at radius 2 is 2.41 bits per heavy atom. The molecule has 0 aliphatic rings. The van der Waals surface area contributed by atoms with E-state index in [1.807, 2.05) is 24.5 Å². The van der Waals surface area contributed by atoms with Crippen LogP contribution in [-0.2, 0) is 4.79 Å². The maximum atomic E-state index is 10.4. The van der Waals surface area contributed by atoms with Gasteiger partial charge >= 0.3 is 5.97 Å². The van der Waals surface area contributed by atoms with Crippen LogP contribution in [0.15, 0.2) is 22.5 Å². The number of hydrogen-bond donors (Lipinski definition) is 1. The van der Waals surface area contributed by atoms with Gasteiger partial charge in [-0.15, -0.1) is 11.3 Å². The van der Waals surface area contributed by atoms with E-state index in [-0.39, 0.29) is 13.0 Å². The molecule has 90 valence electrons. The summed E-state index contributed by atoms with van der Waals surface area (Å²) in [7, 11) is 0. The quantitative estimate of drug-likeness (QED) is 0.846. The number of ether oxygens (including phenoxy) is 1. The van der Waals surface area contributed by atoms with E-state index >= 15 is 0 Å². The van der Waals surface area contributed by atoms with Crippen molar-refractivity contribution < 1.29 is 14.6 Å². The lowest BCUT2D eigenvalue weighted by Crippen LogP contribution is -2.04. The molecule has 0 aliphatic heterocycles. The van der Waals surface area contributed by atoms with Crippen LogP contribution in [0, 0.1) is 0 Å². The van der Waals surface area contributed by atoms with Crippen LogP contribution in [0.1, 0.15) is 6.42 Å². The first-order valence-corrected chi connectivity index (χ1v) is 7.02. The molecule has 0 aliphatic carbocycles. The minimum atomic E-state index is -0.853. The van der Waals surface area contributed by atoms with Crippen LogP contribution in [-0.4, -0.2) is 28.9 Å². The summed E-state index contributed by atoms with van der Waals surface area (Å²) in [5.41, 5.74) is 0.949. The Kier molecular flexibility index (Phi) is 3.86. The summed E-state index contributed by atoms with van der Waals surface area (Å²) in [5, 5.41) is 8.51. The molecule has 0 spiro atoms. The Balaban J connectivity index is 2.11. The molecule has 0 amide bonds. The molecule has 17 heavy (non-hydrogen) atoms. The third kappa shape index (κ3) is 3.10. The average molecular weight is 269 g/mol. The van der Waals surface area contributed by atoms with Crippen LogP contribution < -0.4 is 4.74 Å². The van der Waals surface area contributed by atoms with Crippen molar-refractivity contribution in [3.63, 3.8) is 0 Å². The van der Waals surface area contributed by atoms with Gasteiger partial charge < -0.3 is 9.84 Å². The Hall–Kier alpha value is -1.27. The van der Waals surface area contributed by atoms with Crippen LogP contribution in [0.2, 0.25) is 0 Å². The first kappa shape index (κ1) is 12.2. The molecule has 1 heterocycles. The molecule has 6 heteroatoms. The van der Waals surface area contributed by atoms with Crippen LogP contribution in [0.4, 0.5) is 0 Å². The molecule has 0 atom stereocenters. The zero-order chi connectivity index (χ0) is 12.3. The summed E-state index contributed by atoms with van der Waals surface area (Å²) < 4.78 is 7.43. The van der Waals surface area contributed by atoms with Crippen molar-refractivity contribution in [3.05, 3.63) is 18.2 Å². The normalized spacial score (nSPS) is 10.6. The van der Waals surface area contributed by atoms with E-state index in [2.05, 4.69) is 4.98 Å². The zero-order valence-electron chi connectivity index (χ0n) is 9.17. The molecule has 0 saturated carbocycles. The fourth-order valence-corrected chi connectivity index (χ4v) is 2.83. The number of carboxylic acids is 1. The summed E-state index contributed by atoms with van der Waals surface area (Å²) >= 11 is 3.22. The summed E-state index contributed by atoms with van der Waals surface area (Å²) in [5.74, 6) is -0.163. The van der Waals surface area contributed by atoms with E-state index in [1.165, 1.54) is 0 Å². The molecule has 0 unspecified atom stereocenters. The van der Waals surface area contributed by atoms with Gasteiger partial charge in [-0.2, -0.15) is 0 Å². The fourth-order valence-electron chi connectivity index (χ4n) is 1.32. The molecule has 0 fully saturated rings. The highest BCUT2D eigenvalue weighted by molar-refractivity contribution is 8.00. The number of carbonyl (C=O) groups is 1. The molecule has 0 radical (unpaired) electrons. The van der Waals surface area contributed by atoms with E-state index < -0.39 is 5.97 Å². The Bertz CT molecular complexity index is 538. The Morgan fingerprint density at radius 1 is 1.59 bits per heavy atom. The van der Waals surface area contributed by atoms with Gasteiger partial charge in [0.2, 0.25) is 0 Å². The van der Waals surface area contributed by atoms with E-state index in [4.69, 9.17) is 9.84 Å². The van der Waals surface area contributed by atoms with Crippen molar-refractivity contribution in [2.45, 2.75) is 10.8 Å². The number of aliphatic carboxylic acids is 1. The predicted octanol–water partition coefficient (Wildman–Crippen LogP) is 2.87. The number of fused-ring (bicyclic) bond motifs is 1. The molecule has 1 aromatic heterocycles. The van der Waals surface area contributed by atoms with Crippen LogP contribution in [0.25, 0.3) is 10.2 Å². The number of aromatic nitrogens is 1. The van der Waals surface area contributed by atoms with E-state index in [9.17, 15) is 4.79 Å². The summed E-state index contributed by atoms with van der Waals surface area (Å²) in [4.78, 5) is 14.8. The van der Waals surface area contributed by atoms with Crippen molar-refractivity contribution >= 4 is 39.3 Å². The smallest absolute Gasteiger partial charge is 0.306 e. The lowest BCUT2D eigenvalue weighted by Gasteiger charge is -2.03. The maximum Gasteiger partial charge on any atom is 0.306 e. The summed E-state index contributed by atoms with van der Waals surface area (Å²) in [6.45, 7) is 0.190. The van der Waals surface area contributed by atoms with Gasteiger partial charge in [-0.1, -0.05) is 11.8 Å². The van der Waals surface area contributed by atoms with E-state index in [1.54, 1.807) is 23.1 Å². The Morgan fingerprint density at radius 3 is 3.12 bits per heavy atom. The van der Waals surface area contributed by atoms with Gasteiger partial charge in [0.1, 0.15) is 5.75 Å². The molecular weight excluding hydrogens is 258 g/mol. The Labute approximate surface area is 107 Å². The summed E-state index contributed by atoms with van der Waals surface area (Å²) in [6.07, 6.45) is 2.00. The first-order chi connectivity index (χ1) is 8.19. The standard InChI is InChI=1S/C11H11NO3S2/c1-16-11-12-8-3-2-7(6-9(8)17-11)15-5-4-10(13)14/h2-3,6H,4-5H2,1H3,(H,13,14). The number of thioether (sulfide) groups is 1. The van der Waals surface area contributed by atoms with Crippen molar-refractivity contribution in [1.29, 1.82) is 0 Å². The molecule has 2 aromatic rings. The molecular formula is C11H11NO3S2. The van der Waals surface area contributed by atoms with E-state index in [0.717, 1.165) is 14.6 Å². The number of carboxylic acid groups (broad SMARTS) is 1. The van der Waals surface area contributed by atoms with Crippen LogP contribution in [0.3, 0.4) is 0 Å². The maximum absolute atomic E-state index is 10.4. The number of benzene rings is 1. The summed E-state index contributed by atoms with van der Waals surface area (Å²) in [6, 6.07) is 5.60. The third-order valence-electron chi connectivity index (χ3n) is 2.10. The molecule has 4 nitrogen and oxygen atoms in total. The van der Waals surface area contributed by atoms with E-state index in [0.29, 0.717) is 5.75 Å². The number of nitrogens with zero attached hydrogens (tertiary/aromatic N) is 1. The van der Waals surface area contributed by atoms with Crippen molar-refractivity contribution in [2.75, 3.05) is 12.9 Å². The van der Waals surface area contributed by atoms with Crippen molar-refractivity contribution in [3.8, 4) is 5.75 Å². The van der Waals surface area contributed by atoms with Gasteiger partial charge in [0.05, 0.1) is 23.2 Å². The number of rotatable bonds is 5. The monoisotopic (exact) mass is 269 g/mol. The van der Waals surface area contributed by atoms with Crippen LogP contribution >= 0.6 is 23.1 Å². The highest BCUT2D eigenvalue weighted by Crippen LogP contribution is 2.30. The number of hydrogen-bond acceptors (Lipinski definition) is 5. The lowest BCUT2D eigenvalue weighted by atomic mass is 10.3. The topological polar surface area (TPSA) is 59.4 Å². The third-order valence-corrected chi connectivity index (χ3v) is 4.10. The van der Waals surface area contributed by atoms with Crippen molar-refractivity contribution in [1.82, 2.24) is 4.98 Å². The molecule has 0 saturated heterocycles. The first-order valence-electron chi connectivity index (χ1n) is 4.98. The highest BCUT2D eigenvalue weighted by Gasteiger charge is 2.05. The van der Waals surface area contributed by atoms with Gasteiger partial charge in [-0.3, -0.25) is 4.79 Å². The minimum Gasteiger partial charge on any atom is -0.493 e. The highest BCUT2D eigenvalue weighted by atomic mass is 32.2. The van der Waals surface area contributed by atoms with Crippen molar-refractivity contribution in [2.24, 2.45) is 0 Å². The number of thiazole rings is 1. The average Bonchev–Trinajstić information content (AvgIpc) is 2.70. The SMILES string of the molecule is CSc1nc2ccc(OCCC(=O)O)cc2s1. The fraction of sp³-hybridized carbons (Fsp3) is 0.273. The molecule has 2 rings (SSSR count). The minimum absolute atomic E-state index is 0.0107. The largest absolute Gasteiger partial charge is 0.493 e. The zero-order valence-corrected chi connectivity index (χ0v) is 10.8. The lowest BCUT2D eigenvalue weighted by molar-refractivity contribution is -0.137. The molecule has 0 bridgehead atoms. The van der Waals surface area contributed by atoms with Gasteiger partial charge in [0.15, 0.2) is 4.34 Å².